The highest BCUT2D eigenvalue weighted by molar-refractivity contribution is 5.91. The van der Waals surface area contributed by atoms with Gasteiger partial charge in [0.1, 0.15) is 6.07 Å². The normalized spacial score (nSPS) is 12.2. The molecule has 1 rings (SSSR count). The third-order valence-electron chi connectivity index (χ3n) is 2.29. The molecule has 1 unspecified atom stereocenters. The van der Waals surface area contributed by atoms with E-state index in [4.69, 9.17) is 5.26 Å². The Balaban J connectivity index is 2.63. The van der Waals surface area contributed by atoms with Gasteiger partial charge in [-0.25, -0.2) is 0 Å². The summed E-state index contributed by atoms with van der Waals surface area (Å²) in [5.74, 6) is 0.397. The first kappa shape index (κ1) is 11.2. The predicted octanol–water partition coefficient (Wildman–Crippen LogP) is 1.78. The highest BCUT2D eigenvalue weighted by atomic mass is 16.5. The first-order valence-corrected chi connectivity index (χ1v) is 4.72. The van der Waals surface area contributed by atoms with Crippen LogP contribution in [0.5, 0.6) is 0 Å². The molecule has 0 aliphatic rings. The maximum Gasteiger partial charge on any atom is 0.238 e. The molecule has 1 N–H and O–H groups in total. The number of nitrogens with zero attached hydrogens (tertiary/aromatic N) is 2. The summed E-state index contributed by atoms with van der Waals surface area (Å²) in [5.41, 5.74) is 0. The van der Waals surface area contributed by atoms with Gasteiger partial charge >= 0.3 is 0 Å². The fourth-order valence-electron chi connectivity index (χ4n) is 0.930. The molecular weight excluding hydrogens is 194 g/mol. The predicted molar refractivity (Wildman–Crippen MR) is 53.8 cm³/mol. The quantitative estimate of drug-likeness (QED) is 0.819. The molecule has 1 aromatic rings. The number of aromatic nitrogens is 1. The SMILES string of the molecule is CC(C)C(C)C(=O)Nc1cc(C#N)on1. The van der Waals surface area contributed by atoms with Gasteiger partial charge in [0.25, 0.3) is 0 Å². The number of nitriles is 1. The van der Waals surface area contributed by atoms with Crippen LogP contribution in [0.1, 0.15) is 26.5 Å². The molecule has 0 aliphatic carbocycles. The Morgan fingerprint density at radius 1 is 1.60 bits per heavy atom. The molecule has 5 nitrogen and oxygen atoms in total. The second-order valence-electron chi connectivity index (χ2n) is 3.71. The van der Waals surface area contributed by atoms with Crippen molar-refractivity contribution in [2.45, 2.75) is 20.8 Å². The minimum Gasteiger partial charge on any atom is -0.343 e. The zero-order valence-corrected chi connectivity index (χ0v) is 8.94. The molecule has 1 amide bonds. The minimum atomic E-state index is -0.122. The van der Waals surface area contributed by atoms with Gasteiger partial charge in [-0.05, 0) is 5.92 Å². The third-order valence-corrected chi connectivity index (χ3v) is 2.29. The lowest BCUT2D eigenvalue weighted by molar-refractivity contribution is -0.120. The third kappa shape index (κ3) is 2.81. The number of nitrogens with one attached hydrogen (secondary N) is 1. The van der Waals surface area contributed by atoms with Crippen molar-refractivity contribution in [3.05, 3.63) is 11.8 Å². The maximum atomic E-state index is 11.6. The number of rotatable bonds is 3. The largest absolute Gasteiger partial charge is 0.343 e. The molecule has 1 atom stereocenters. The maximum absolute atomic E-state index is 11.6. The summed E-state index contributed by atoms with van der Waals surface area (Å²) in [6, 6.07) is 3.19. The Labute approximate surface area is 88.1 Å². The standard InChI is InChI=1S/C10H13N3O2/c1-6(2)7(3)10(14)12-9-4-8(5-11)15-13-9/h4,6-7H,1-3H3,(H,12,13,14). The zero-order valence-electron chi connectivity index (χ0n) is 8.94. The van der Waals surface area contributed by atoms with Crippen molar-refractivity contribution in [1.82, 2.24) is 5.16 Å². The van der Waals surface area contributed by atoms with Crippen LogP contribution >= 0.6 is 0 Å². The lowest BCUT2D eigenvalue weighted by atomic mass is 9.97. The highest BCUT2D eigenvalue weighted by Gasteiger charge is 2.17. The topological polar surface area (TPSA) is 78.9 Å². The summed E-state index contributed by atoms with van der Waals surface area (Å²) < 4.78 is 4.63. The molecule has 1 aromatic heterocycles. The van der Waals surface area contributed by atoms with Crippen molar-refractivity contribution >= 4 is 11.7 Å². The van der Waals surface area contributed by atoms with E-state index >= 15 is 0 Å². The fourth-order valence-corrected chi connectivity index (χ4v) is 0.930. The number of carbonyl (C=O) groups excluding carboxylic acids is 1. The van der Waals surface area contributed by atoms with Gasteiger partial charge in [-0.2, -0.15) is 5.26 Å². The van der Waals surface area contributed by atoms with Crippen molar-refractivity contribution in [3.8, 4) is 6.07 Å². The van der Waals surface area contributed by atoms with Gasteiger partial charge in [0.15, 0.2) is 5.82 Å². The van der Waals surface area contributed by atoms with Gasteiger partial charge in [0.2, 0.25) is 11.7 Å². The van der Waals surface area contributed by atoms with Crippen LogP contribution in [0.3, 0.4) is 0 Å². The average Bonchev–Trinajstić information content (AvgIpc) is 2.64. The van der Waals surface area contributed by atoms with Crippen molar-refractivity contribution < 1.29 is 9.32 Å². The van der Waals surface area contributed by atoms with Crippen LogP contribution in [-0.2, 0) is 4.79 Å². The van der Waals surface area contributed by atoms with Crippen molar-refractivity contribution in [2.24, 2.45) is 11.8 Å². The number of amides is 1. The number of carbonyl (C=O) groups is 1. The molecule has 0 aromatic carbocycles. The fraction of sp³-hybridized carbons (Fsp3) is 0.500. The number of anilines is 1. The van der Waals surface area contributed by atoms with Crippen LogP contribution in [0.2, 0.25) is 0 Å². The molecule has 80 valence electrons. The second kappa shape index (κ2) is 4.60. The molecule has 15 heavy (non-hydrogen) atoms. The molecule has 0 fully saturated rings. The van der Waals surface area contributed by atoms with Gasteiger partial charge in [0.05, 0.1) is 0 Å². The van der Waals surface area contributed by atoms with E-state index in [1.165, 1.54) is 6.07 Å². The van der Waals surface area contributed by atoms with Gasteiger partial charge in [-0.15, -0.1) is 0 Å². The van der Waals surface area contributed by atoms with E-state index in [0.29, 0.717) is 0 Å². The van der Waals surface area contributed by atoms with E-state index < -0.39 is 0 Å². The molecule has 0 radical (unpaired) electrons. The highest BCUT2D eigenvalue weighted by Crippen LogP contribution is 2.13. The number of hydrogen-bond acceptors (Lipinski definition) is 4. The summed E-state index contributed by atoms with van der Waals surface area (Å²) in [5, 5.41) is 14.6. The summed E-state index contributed by atoms with van der Waals surface area (Å²) in [4.78, 5) is 11.6. The van der Waals surface area contributed by atoms with Crippen LogP contribution in [0, 0.1) is 23.2 Å². The van der Waals surface area contributed by atoms with E-state index in [2.05, 4.69) is 15.0 Å². The summed E-state index contributed by atoms with van der Waals surface area (Å²) in [7, 11) is 0. The average molecular weight is 207 g/mol. The Morgan fingerprint density at radius 3 is 2.73 bits per heavy atom. The van der Waals surface area contributed by atoms with Crippen LogP contribution in [0.25, 0.3) is 0 Å². The Morgan fingerprint density at radius 2 is 2.27 bits per heavy atom. The lowest BCUT2D eigenvalue weighted by Crippen LogP contribution is -2.24. The smallest absolute Gasteiger partial charge is 0.238 e. The van der Waals surface area contributed by atoms with Crippen LogP contribution in [-0.4, -0.2) is 11.1 Å². The van der Waals surface area contributed by atoms with Crippen LogP contribution in [0.4, 0.5) is 5.82 Å². The van der Waals surface area contributed by atoms with E-state index in [1.807, 2.05) is 20.8 Å². The van der Waals surface area contributed by atoms with E-state index in [1.54, 1.807) is 6.07 Å². The van der Waals surface area contributed by atoms with Crippen LogP contribution < -0.4 is 5.32 Å². The molecular formula is C10H13N3O2. The van der Waals surface area contributed by atoms with Crippen molar-refractivity contribution in [2.75, 3.05) is 5.32 Å². The molecule has 0 aliphatic heterocycles. The molecule has 0 saturated carbocycles. The minimum absolute atomic E-state index is 0.0856. The molecule has 1 heterocycles. The monoisotopic (exact) mass is 207 g/mol. The van der Waals surface area contributed by atoms with Crippen molar-refractivity contribution in [3.63, 3.8) is 0 Å². The summed E-state index contributed by atoms with van der Waals surface area (Å²) in [6.07, 6.45) is 0. The summed E-state index contributed by atoms with van der Waals surface area (Å²) in [6.45, 7) is 5.77. The van der Waals surface area contributed by atoms with Gasteiger partial charge < -0.3 is 9.84 Å². The first-order chi connectivity index (χ1) is 7.04. The molecule has 5 heteroatoms. The lowest BCUT2D eigenvalue weighted by Gasteiger charge is -2.13. The van der Waals surface area contributed by atoms with E-state index in [-0.39, 0.29) is 29.3 Å². The van der Waals surface area contributed by atoms with E-state index in [9.17, 15) is 4.79 Å². The molecule has 0 saturated heterocycles. The second-order valence-corrected chi connectivity index (χ2v) is 3.71. The molecule has 0 bridgehead atoms. The van der Waals surface area contributed by atoms with Crippen LogP contribution in [0.15, 0.2) is 10.6 Å². The Bertz CT molecular complexity index is 390. The van der Waals surface area contributed by atoms with Crippen molar-refractivity contribution in [1.29, 1.82) is 5.26 Å². The number of hydrogen-bond donors (Lipinski definition) is 1. The Hall–Kier alpha value is -1.83. The van der Waals surface area contributed by atoms with Gasteiger partial charge in [0, 0.05) is 12.0 Å². The molecule has 0 spiro atoms. The Kier molecular flexibility index (Phi) is 3.45. The van der Waals surface area contributed by atoms with Gasteiger partial charge in [-0.1, -0.05) is 25.9 Å². The van der Waals surface area contributed by atoms with Gasteiger partial charge in [-0.3, -0.25) is 4.79 Å². The summed E-state index contributed by atoms with van der Waals surface area (Å²) >= 11 is 0. The first-order valence-electron chi connectivity index (χ1n) is 4.72. The zero-order chi connectivity index (χ0) is 11.4. The van der Waals surface area contributed by atoms with E-state index in [0.717, 1.165) is 0 Å².